The number of nitrogens with one attached hydrogen (secondary N) is 2. The molecule has 0 aliphatic carbocycles. The van der Waals surface area contributed by atoms with Crippen molar-refractivity contribution < 1.29 is 13.2 Å². The molecule has 140 valence electrons. The second-order valence-corrected chi connectivity index (χ2v) is 8.52. The molecular weight excluding hydrogens is 352 g/mol. The number of benzene rings is 1. The van der Waals surface area contributed by atoms with E-state index in [1.54, 1.807) is 28.8 Å². The van der Waals surface area contributed by atoms with Crippen molar-refractivity contribution in [2.24, 2.45) is 0 Å². The Bertz CT molecular complexity index is 849. The second-order valence-electron chi connectivity index (χ2n) is 6.59. The van der Waals surface area contributed by atoms with E-state index in [1.807, 2.05) is 12.1 Å². The first-order chi connectivity index (χ1) is 12.4. The molecule has 7 nitrogen and oxygen atoms in total. The van der Waals surface area contributed by atoms with Crippen LogP contribution < -0.4 is 5.32 Å². The van der Waals surface area contributed by atoms with E-state index in [1.165, 1.54) is 6.26 Å². The van der Waals surface area contributed by atoms with E-state index in [0.717, 1.165) is 24.8 Å². The van der Waals surface area contributed by atoms with Gasteiger partial charge in [-0.15, -0.1) is 0 Å². The maximum atomic E-state index is 12.4. The van der Waals surface area contributed by atoms with Crippen LogP contribution in [0, 0.1) is 0 Å². The average Bonchev–Trinajstić information content (AvgIpc) is 3.16. The molecule has 1 saturated heterocycles. The number of sulfonamides is 1. The fraction of sp³-hybridized carbons (Fsp3) is 0.444. The van der Waals surface area contributed by atoms with Crippen molar-refractivity contribution in [2.45, 2.75) is 31.7 Å². The minimum Gasteiger partial charge on any atom is -0.352 e. The number of hydrogen-bond donors (Lipinski definition) is 2. The summed E-state index contributed by atoms with van der Waals surface area (Å²) in [7, 11) is -3.20. The van der Waals surface area contributed by atoms with Crippen molar-refractivity contribution in [2.75, 3.05) is 19.3 Å². The number of hydrogen-bond acceptors (Lipinski definition) is 4. The van der Waals surface area contributed by atoms with Gasteiger partial charge < -0.3 is 10.3 Å². The zero-order chi connectivity index (χ0) is 18.6. The largest absolute Gasteiger partial charge is 0.352 e. The first-order valence-electron chi connectivity index (χ1n) is 8.80. The van der Waals surface area contributed by atoms with E-state index < -0.39 is 10.0 Å². The lowest BCUT2D eigenvalue weighted by atomic mass is 10.0. The molecule has 1 amide bonds. The smallest absolute Gasteiger partial charge is 0.251 e. The van der Waals surface area contributed by atoms with Gasteiger partial charge in [0.25, 0.3) is 5.91 Å². The number of aromatic nitrogens is 2. The molecule has 3 rings (SSSR count). The molecule has 0 radical (unpaired) electrons. The third kappa shape index (κ3) is 4.50. The fourth-order valence-electron chi connectivity index (χ4n) is 3.38. The molecule has 0 spiro atoms. The Balaban J connectivity index is 1.58. The quantitative estimate of drug-likeness (QED) is 0.806. The Hall–Kier alpha value is -2.19. The molecule has 0 saturated carbocycles. The van der Waals surface area contributed by atoms with E-state index in [2.05, 4.69) is 15.3 Å². The minimum atomic E-state index is -3.20. The molecule has 2 heterocycles. The van der Waals surface area contributed by atoms with Crippen LogP contribution in [-0.2, 0) is 10.0 Å². The van der Waals surface area contributed by atoms with Crippen molar-refractivity contribution in [1.29, 1.82) is 0 Å². The lowest BCUT2D eigenvalue weighted by Gasteiger charge is -2.33. The van der Waals surface area contributed by atoms with Gasteiger partial charge in [-0.1, -0.05) is 18.6 Å². The summed E-state index contributed by atoms with van der Waals surface area (Å²) in [6.07, 6.45) is 8.04. The van der Waals surface area contributed by atoms with Gasteiger partial charge in [0.1, 0.15) is 5.82 Å². The third-order valence-corrected chi connectivity index (χ3v) is 5.99. The highest BCUT2D eigenvalue weighted by Gasteiger charge is 2.28. The van der Waals surface area contributed by atoms with E-state index in [0.29, 0.717) is 30.9 Å². The summed E-state index contributed by atoms with van der Waals surface area (Å²) < 4.78 is 25.4. The Labute approximate surface area is 153 Å². The number of imidazole rings is 1. The van der Waals surface area contributed by atoms with Gasteiger partial charge in [0.15, 0.2) is 0 Å². The number of piperidine rings is 1. The zero-order valence-electron chi connectivity index (χ0n) is 14.8. The standard InChI is InChI=1S/C18H24N4O3S/c1-26(24,25)22-12-3-2-7-16(22)8-9-21-18(23)15-6-4-5-14(13-15)17-19-10-11-20-17/h4-6,10-11,13,16H,2-3,7-9,12H2,1H3,(H,19,20)(H,21,23)/t16-/m1/s1. The number of rotatable bonds is 6. The van der Waals surface area contributed by atoms with Gasteiger partial charge in [0, 0.05) is 42.7 Å². The molecule has 1 aromatic carbocycles. The summed E-state index contributed by atoms with van der Waals surface area (Å²) >= 11 is 0. The van der Waals surface area contributed by atoms with Gasteiger partial charge in [-0.3, -0.25) is 4.79 Å². The topological polar surface area (TPSA) is 95.2 Å². The van der Waals surface area contributed by atoms with Crippen LogP contribution in [-0.4, -0.2) is 54.0 Å². The molecule has 0 bridgehead atoms. The molecule has 1 aliphatic heterocycles. The monoisotopic (exact) mass is 376 g/mol. The van der Waals surface area contributed by atoms with E-state index in [4.69, 9.17) is 0 Å². The van der Waals surface area contributed by atoms with Gasteiger partial charge >= 0.3 is 0 Å². The normalized spacial score (nSPS) is 18.6. The molecule has 1 aromatic heterocycles. The van der Waals surface area contributed by atoms with Gasteiger partial charge in [0.05, 0.1) is 6.26 Å². The lowest BCUT2D eigenvalue weighted by molar-refractivity contribution is 0.0949. The second kappa shape index (κ2) is 8.01. The van der Waals surface area contributed by atoms with Gasteiger partial charge in [-0.2, -0.15) is 4.31 Å². The van der Waals surface area contributed by atoms with Crippen LogP contribution in [0.4, 0.5) is 0 Å². The summed E-state index contributed by atoms with van der Waals surface area (Å²) in [5.74, 6) is 0.547. The number of aromatic amines is 1. The Morgan fingerprint density at radius 1 is 1.38 bits per heavy atom. The van der Waals surface area contributed by atoms with Gasteiger partial charge in [0.2, 0.25) is 10.0 Å². The van der Waals surface area contributed by atoms with Crippen molar-refractivity contribution >= 4 is 15.9 Å². The van der Waals surface area contributed by atoms with Crippen molar-refractivity contribution in [3.05, 3.63) is 42.2 Å². The van der Waals surface area contributed by atoms with Crippen LogP contribution in [0.5, 0.6) is 0 Å². The Morgan fingerprint density at radius 3 is 2.96 bits per heavy atom. The number of carbonyl (C=O) groups is 1. The highest BCUT2D eigenvalue weighted by Crippen LogP contribution is 2.22. The van der Waals surface area contributed by atoms with Crippen molar-refractivity contribution in [3.8, 4) is 11.4 Å². The highest BCUT2D eigenvalue weighted by atomic mass is 32.2. The summed E-state index contributed by atoms with van der Waals surface area (Å²) in [6.45, 7) is 1.02. The molecule has 2 N–H and O–H groups in total. The summed E-state index contributed by atoms with van der Waals surface area (Å²) in [5.41, 5.74) is 1.40. The number of carbonyl (C=O) groups excluding carboxylic acids is 1. The highest BCUT2D eigenvalue weighted by molar-refractivity contribution is 7.88. The maximum absolute atomic E-state index is 12.4. The molecule has 1 atom stereocenters. The Morgan fingerprint density at radius 2 is 2.23 bits per heavy atom. The summed E-state index contributed by atoms with van der Waals surface area (Å²) in [4.78, 5) is 19.6. The molecular formula is C18H24N4O3S. The van der Waals surface area contributed by atoms with Crippen LogP contribution in [0.15, 0.2) is 36.7 Å². The molecule has 26 heavy (non-hydrogen) atoms. The number of H-pyrrole nitrogens is 1. The lowest BCUT2D eigenvalue weighted by Crippen LogP contribution is -2.44. The first kappa shape index (κ1) is 18.6. The maximum Gasteiger partial charge on any atom is 0.251 e. The van der Waals surface area contributed by atoms with Crippen LogP contribution in [0.25, 0.3) is 11.4 Å². The SMILES string of the molecule is CS(=O)(=O)N1CCCC[C@@H]1CCNC(=O)c1cccc(-c2ncc[nH]2)c1. The van der Waals surface area contributed by atoms with E-state index in [-0.39, 0.29) is 11.9 Å². The third-order valence-electron chi connectivity index (χ3n) is 4.66. The van der Waals surface area contributed by atoms with Crippen molar-refractivity contribution in [1.82, 2.24) is 19.6 Å². The van der Waals surface area contributed by atoms with Crippen LogP contribution in [0.3, 0.4) is 0 Å². The zero-order valence-corrected chi connectivity index (χ0v) is 15.6. The van der Waals surface area contributed by atoms with E-state index >= 15 is 0 Å². The summed E-state index contributed by atoms with van der Waals surface area (Å²) in [5, 5.41) is 2.90. The molecule has 8 heteroatoms. The predicted octanol–water partition coefficient (Wildman–Crippen LogP) is 2.01. The van der Waals surface area contributed by atoms with Gasteiger partial charge in [-0.25, -0.2) is 13.4 Å². The molecule has 2 aromatic rings. The minimum absolute atomic E-state index is 0.0338. The predicted molar refractivity (Wildman–Crippen MR) is 100 cm³/mol. The van der Waals surface area contributed by atoms with E-state index in [9.17, 15) is 13.2 Å². The van der Waals surface area contributed by atoms with Crippen LogP contribution in [0.1, 0.15) is 36.0 Å². The van der Waals surface area contributed by atoms with Crippen LogP contribution >= 0.6 is 0 Å². The molecule has 0 unspecified atom stereocenters. The van der Waals surface area contributed by atoms with Gasteiger partial charge in [-0.05, 0) is 31.4 Å². The molecule has 1 aliphatic rings. The summed E-state index contributed by atoms with van der Waals surface area (Å²) in [6, 6.07) is 7.22. The van der Waals surface area contributed by atoms with Crippen molar-refractivity contribution in [3.63, 3.8) is 0 Å². The van der Waals surface area contributed by atoms with Crippen LogP contribution in [0.2, 0.25) is 0 Å². The molecule has 1 fully saturated rings. The first-order valence-corrected chi connectivity index (χ1v) is 10.6. The average molecular weight is 376 g/mol. The Kier molecular flexibility index (Phi) is 5.73. The number of nitrogens with zero attached hydrogens (tertiary/aromatic N) is 2. The number of amides is 1. The fourth-order valence-corrected chi connectivity index (χ4v) is 4.60.